The van der Waals surface area contributed by atoms with Gasteiger partial charge in [0.1, 0.15) is 5.75 Å². The van der Waals surface area contributed by atoms with E-state index in [-0.39, 0.29) is 5.91 Å². The van der Waals surface area contributed by atoms with Gasteiger partial charge in [-0.3, -0.25) is 4.79 Å². The van der Waals surface area contributed by atoms with Crippen LogP contribution in [0.2, 0.25) is 0 Å². The molecule has 0 heterocycles. The van der Waals surface area contributed by atoms with E-state index in [1.807, 2.05) is 60.7 Å². The van der Waals surface area contributed by atoms with Crippen LogP contribution in [-0.2, 0) is 0 Å². The molecule has 0 bridgehead atoms. The summed E-state index contributed by atoms with van der Waals surface area (Å²) in [5.41, 5.74) is 5.44. The zero-order valence-electron chi connectivity index (χ0n) is 15.2. The minimum Gasteiger partial charge on any atom is -0.497 e. The number of methoxy groups -OCH3 is 1. The number of amides is 1. The molecule has 0 radical (unpaired) electrons. The topological polar surface area (TPSA) is 50.4 Å². The lowest BCUT2D eigenvalue weighted by molar-refractivity contribution is 0.102. The number of hydrogen-bond donors (Lipinski definition) is 2. The van der Waals surface area contributed by atoms with Crippen LogP contribution in [0, 0.1) is 13.8 Å². The molecule has 0 saturated heterocycles. The van der Waals surface area contributed by atoms with Crippen LogP contribution < -0.4 is 15.4 Å². The molecule has 4 nitrogen and oxygen atoms in total. The zero-order valence-corrected chi connectivity index (χ0v) is 15.2. The summed E-state index contributed by atoms with van der Waals surface area (Å²) in [6, 6.07) is 20.8. The highest BCUT2D eigenvalue weighted by Crippen LogP contribution is 2.26. The first-order valence-electron chi connectivity index (χ1n) is 8.46. The van der Waals surface area contributed by atoms with Gasteiger partial charge in [-0.1, -0.05) is 24.3 Å². The largest absolute Gasteiger partial charge is 0.497 e. The van der Waals surface area contributed by atoms with E-state index in [1.54, 1.807) is 7.11 Å². The maximum Gasteiger partial charge on any atom is 0.257 e. The summed E-state index contributed by atoms with van der Waals surface area (Å²) < 4.78 is 5.14. The number of aryl methyl sites for hydroxylation is 1. The molecule has 3 aromatic rings. The van der Waals surface area contributed by atoms with Crippen molar-refractivity contribution in [2.75, 3.05) is 17.7 Å². The van der Waals surface area contributed by atoms with Crippen molar-refractivity contribution in [2.24, 2.45) is 0 Å². The predicted molar refractivity (Wildman–Crippen MR) is 107 cm³/mol. The number of ether oxygens (including phenoxy) is 1. The minimum absolute atomic E-state index is 0.163. The molecule has 3 rings (SSSR count). The molecular formula is C22H22N2O2. The smallest absolute Gasteiger partial charge is 0.257 e. The number of hydrogen-bond acceptors (Lipinski definition) is 3. The van der Waals surface area contributed by atoms with Crippen molar-refractivity contribution in [1.82, 2.24) is 0 Å². The monoisotopic (exact) mass is 346 g/mol. The van der Waals surface area contributed by atoms with Crippen LogP contribution in [0.15, 0.2) is 66.7 Å². The van der Waals surface area contributed by atoms with E-state index in [0.29, 0.717) is 5.56 Å². The molecule has 0 aliphatic heterocycles. The van der Waals surface area contributed by atoms with Crippen LogP contribution in [0.25, 0.3) is 0 Å². The Labute approximate surface area is 153 Å². The van der Waals surface area contributed by atoms with Gasteiger partial charge in [0.15, 0.2) is 0 Å². The van der Waals surface area contributed by atoms with Crippen LogP contribution in [0.5, 0.6) is 5.75 Å². The fourth-order valence-corrected chi connectivity index (χ4v) is 2.69. The molecule has 0 aliphatic carbocycles. The molecule has 1 amide bonds. The molecule has 0 saturated carbocycles. The lowest BCUT2D eigenvalue weighted by atomic mass is 10.1. The van der Waals surface area contributed by atoms with Gasteiger partial charge in [0.2, 0.25) is 0 Å². The van der Waals surface area contributed by atoms with Crippen LogP contribution in [-0.4, -0.2) is 13.0 Å². The Kier molecular flexibility index (Phi) is 5.23. The second kappa shape index (κ2) is 7.74. The molecule has 0 unspecified atom stereocenters. The molecule has 3 aromatic carbocycles. The molecular weight excluding hydrogens is 324 g/mol. The van der Waals surface area contributed by atoms with Gasteiger partial charge in [0, 0.05) is 11.4 Å². The molecule has 0 aromatic heterocycles. The van der Waals surface area contributed by atoms with Gasteiger partial charge in [-0.25, -0.2) is 0 Å². The number of carbonyl (C=O) groups excluding carboxylic acids is 1. The first-order valence-corrected chi connectivity index (χ1v) is 8.46. The lowest BCUT2D eigenvalue weighted by Crippen LogP contribution is -2.14. The maximum atomic E-state index is 12.7. The predicted octanol–water partition coefficient (Wildman–Crippen LogP) is 5.31. The van der Waals surface area contributed by atoms with Gasteiger partial charge in [-0.2, -0.15) is 0 Å². The number of nitrogens with one attached hydrogen (secondary N) is 2. The minimum atomic E-state index is -0.163. The number of rotatable bonds is 5. The van der Waals surface area contributed by atoms with E-state index in [9.17, 15) is 4.79 Å². The average molecular weight is 346 g/mol. The third kappa shape index (κ3) is 3.86. The first-order chi connectivity index (χ1) is 12.6. The van der Waals surface area contributed by atoms with Crippen LogP contribution >= 0.6 is 0 Å². The van der Waals surface area contributed by atoms with E-state index < -0.39 is 0 Å². The molecule has 0 aliphatic rings. The average Bonchev–Trinajstić information content (AvgIpc) is 2.66. The molecule has 0 atom stereocenters. The van der Waals surface area contributed by atoms with Gasteiger partial charge < -0.3 is 15.4 Å². The highest BCUT2D eigenvalue weighted by atomic mass is 16.5. The fraction of sp³-hybridized carbons (Fsp3) is 0.136. The van der Waals surface area contributed by atoms with E-state index in [0.717, 1.165) is 28.4 Å². The Morgan fingerprint density at radius 1 is 0.846 bits per heavy atom. The fourth-order valence-electron chi connectivity index (χ4n) is 2.69. The molecule has 0 fully saturated rings. The highest BCUT2D eigenvalue weighted by Gasteiger charge is 2.12. The van der Waals surface area contributed by atoms with Gasteiger partial charge in [-0.05, 0) is 67.4 Å². The summed E-state index contributed by atoms with van der Waals surface area (Å²) in [7, 11) is 1.61. The van der Waals surface area contributed by atoms with Crippen molar-refractivity contribution >= 4 is 23.0 Å². The van der Waals surface area contributed by atoms with Crippen molar-refractivity contribution < 1.29 is 9.53 Å². The van der Waals surface area contributed by atoms with Gasteiger partial charge in [0.05, 0.1) is 18.4 Å². The number of para-hydroxylation sites is 1. The van der Waals surface area contributed by atoms with E-state index in [2.05, 4.69) is 30.5 Å². The van der Waals surface area contributed by atoms with Gasteiger partial charge in [0.25, 0.3) is 5.91 Å². The normalized spacial score (nSPS) is 10.3. The quantitative estimate of drug-likeness (QED) is 0.658. The van der Waals surface area contributed by atoms with E-state index >= 15 is 0 Å². The molecule has 2 N–H and O–H groups in total. The third-order valence-corrected chi connectivity index (χ3v) is 4.39. The van der Waals surface area contributed by atoms with Gasteiger partial charge in [-0.15, -0.1) is 0 Å². The maximum absolute atomic E-state index is 12.7. The summed E-state index contributed by atoms with van der Waals surface area (Å²) in [6.45, 7) is 4.14. The number of anilines is 3. The summed E-state index contributed by atoms with van der Waals surface area (Å²) in [5, 5.41) is 6.31. The van der Waals surface area contributed by atoms with Crippen molar-refractivity contribution in [1.29, 1.82) is 0 Å². The Morgan fingerprint density at radius 3 is 2.27 bits per heavy atom. The summed E-state index contributed by atoms with van der Waals surface area (Å²) in [6.07, 6.45) is 0. The van der Waals surface area contributed by atoms with E-state index in [1.165, 1.54) is 5.56 Å². The number of carbonyl (C=O) groups is 1. The summed E-state index contributed by atoms with van der Waals surface area (Å²) in [4.78, 5) is 12.7. The Morgan fingerprint density at radius 2 is 1.54 bits per heavy atom. The molecule has 4 heteroatoms. The third-order valence-electron chi connectivity index (χ3n) is 4.39. The van der Waals surface area contributed by atoms with Crippen LogP contribution in [0.4, 0.5) is 17.1 Å². The van der Waals surface area contributed by atoms with Crippen molar-refractivity contribution in [3.8, 4) is 5.75 Å². The van der Waals surface area contributed by atoms with Gasteiger partial charge >= 0.3 is 0 Å². The summed E-state index contributed by atoms with van der Waals surface area (Å²) in [5.74, 6) is 0.587. The Bertz CT molecular complexity index is 918. The second-order valence-corrected chi connectivity index (χ2v) is 6.10. The SMILES string of the molecule is COc1ccc(NC(=O)c2ccccc2Nc2cccc(C)c2C)cc1. The lowest BCUT2D eigenvalue weighted by Gasteiger charge is -2.15. The molecule has 26 heavy (non-hydrogen) atoms. The van der Waals surface area contributed by atoms with Crippen LogP contribution in [0.3, 0.4) is 0 Å². The number of benzene rings is 3. The Hall–Kier alpha value is -3.27. The zero-order chi connectivity index (χ0) is 18.5. The second-order valence-electron chi connectivity index (χ2n) is 6.10. The Balaban J connectivity index is 1.83. The van der Waals surface area contributed by atoms with Crippen molar-refractivity contribution in [3.05, 3.63) is 83.4 Å². The first kappa shape index (κ1) is 17.5. The standard InChI is InChI=1S/C22H22N2O2/c1-15-7-6-10-20(16(15)2)24-21-9-5-4-8-19(21)22(25)23-17-11-13-18(26-3)14-12-17/h4-14,24H,1-3H3,(H,23,25). The van der Waals surface area contributed by atoms with Crippen molar-refractivity contribution in [2.45, 2.75) is 13.8 Å². The van der Waals surface area contributed by atoms with Crippen molar-refractivity contribution in [3.63, 3.8) is 0 Å². The summed E-state index contributed by atoms with van der Waals surface area (Å²) >= 11 is 0. The highest BCUT2D eigenvalue weighted by molar-refractivity contribution is 6.08. The van der Waals surface area contributed by atoms with Crippen LogP contribution in [0.1, 0.15) is 21.5 Å². The van der Waals surface area contributed by atoms with E-state index in [4.69, 9.17) is 4.74 Å². The molecule has 0 spiro atoms. The molecule has 132 valence electrons.